The highest BCUT2D eigenvalue weighted by molar-refractivity contribution is 7.99. The molecule has 1 fully saturated rings. The Bertz CT molecular complexity index is 1070. The van der Waals surface area contributed by atoms with Crippen LogP contribution in [-0.2, 0) is 11.2 Å². The molecule has 166 valence electrons. The molecular weight excluding hydrogens is 438 g/mol. The van der Waals surface area contributed by atoms with Crippen molar-refractivity contribution in [2.24, 2.45) is 0 Å². The predicted molar refractivity (Wildman–Crippen MR) is 121 cm³/mol. The third kappa shape index (κ3) is 4.12. The van der Waals surface area contributed by atoms with Gasteiger partial charge in [0.15, 0.2) is 6.23 Å². The number of nitrogens with zero attached hydrogens (tertiary/aromatic N) is 1. The molecule has 0 radical (unpaired) electrons. The lowest BCUT2D eigenvalue weighted by Gasteiger charge is -2.40. The molecule has 4 N–H and O–H groups in total. The number of aromatic nitrogens is 1. The third-order valence-corrected chi connectivity index (χ3v) is 7.14. The normalized spacial score (nSPS) is 26.5. The van der Waals surface area contributed by atoms with Gasteiger partial charge in [0, 0.05) is 21.4 Å². The smallest absolute Gasteiger partial charge is 0.163 e. The molecule has 0 saturated carbocycles. The van der Waals surface area contributed by atoms with Crippen LogP contribution in [0.25, 0.3) is 10.9 Å². The lowest BCUT2D eigenvalue weighted by molar-refractivity contribution is -0.250. The van der Waals surface area contributed by atoms with E-state index in [1.54, 1.807) is 22.4 Å². The van der Waals surface area contributed by atoms with Crippen molar-refractivity contribution in [2.75, 3.05) is 6.61 Å². The monoisotopic (exact) mass is 463 g/mol. The molecule has 8 heteroatoms. The molecule has 2 heterocycles. The number of rotatable bonds is 5. The lowest BCUT2D eigenvalue weighted by Crippen LogP contribution is -2.56. The van der Waals surface area contributed by atoms with Gasteiger partial charge in [-0.15, -0.1) is 0 Å². The van der Waals surface area contributed by atoms with Crippen molar-refractivity contribution in [3.8, 4) is 0 Å². The largest absolute Gasteiger partial charge is 0.394 e. The molecule has 0 amide bonds. The van der Waals surface area contributed by atoms with Crippen molar-refractivity contribution in [2.45, 2.75) is 60.7 Å². The molecule has 0 unspecified atom stereocenters. The lowest BCUT2D eigenvalue weighted by atomic mass is 9.98. The summed E-state index contributed by atoms with van der Waals surface area (Å²) in [5.74, 6) is 0. The molecule has 4 rings (SSSR count). The highest BCUT2D eigenvalue weighted by Gasteiger charge is 2.44. The summed E-state index contributed by atoms with van der Waals surface area (Å²) in [4.78, 5) is 1.99. The number of hydrogen-bond acceptors (Lipinski definition) is 6. The van der Waals surface area contributed by atoms with Crippen molar-refractivity contribution >= 4 is 34.3 Å². The Kier molecular flexibility index (Phi) is 6.65. The highest BCUT2D eigenvalue weighted by atomic mass is 35.5. The summed E-state index contributed by atoms with van der Waals surface area (Å²) in [6, 6.07) is 12.1. The van der Waals surface area contributed by atoms with Crippen LogP contribution in [0, 0.1) is 6.92 Å². The Morgan fingerprint density at radius 2 is 1.74 bits per heavy atom. The summed E-state index contributed by atoms with van der Waals surface area (Å²) < 4.78 is 7.49. The second-order valence-electron chi connectivity index (χ2n) is 7.81. The van der Waals surface area contributed by atoms with Crippen molar-refractivity contribution in [3.05, 3.63) is 58.7 Å². The maximum absolute atomic E-state index is 10.7. The van der Waals surface area contributed by atoms with Crippen LogP contribution < -0.4 is 0 Å². The van der Waals surface area contributed by atoms with Crippen LogP contribution in [-0.4, -0.2) is 56.0 Å². The quantitative estimate of drug-likeness (QED) is 0.464. The van der Waals surface area contributed by atoms with Crippen molar-refractivity contribution in [1.82, 2.24) is 4.57 Å². The summed E-state index contributed by atoms with van der Waals surface area (Å²) in [7, 11) is 0. The second-order valence-corrected chi connectivity index (χ2v) is 9.33. The van der Waals surface area contributed by atoms with E-state index in [2.05, 4.69) is 31.2 Å². The van der Waals surface area contributed by atoms with E-state index in [9.17, 15) is 20.4 Å². The maximum Gasteiger partial charge on any atom is 0.163 e. The van der Waals surface area contributed by atoms with Gasteiger partial charge < -0.3 is 29.7 Å². The van der Waals surface area contributed by atoms with Gasteiger partial charge in [-0.1, -0.05) is 48.5 Å². The van der Waals surface area contributed by atoms with E-state index >= 15 is 0 Å². The van der Waals surface area contributed by atoms with Crippen LogP contribution in [0.15, 0.2) is 52.4 Å². The summed E-state index contributed by atoms with van der Waals surface area (Å²) in [6.07, 6.45) is -3.48. The Morgan fingerprint density at radius 1 is 1.03 bits per heavy atom. The number of aliphatic hydroxyl groups is 4. The number of ether oxygens (including phenoxy) is 1. The Morgan fingerprint density at radius 3 is 2.39 bits per heavy atom. The van der Waals surface area contributed by atoms with Crippen LogP contribution in [0.4, 0.5) is 0 Å². The van der Waals surface area contributed by atoms with Crippen LogP contribution >= 0.6 is 23.4 Å². The van der Waals surface area contributed by atoms with Gasteiger partial charge in [0.25, 0.3) is 0 Å². The van der Waals surface area contributed by atoms with Crippen LogP contribution in [0.1, 0.15) is 24.3 Å². The number of halogens is 1. The van der Waals surface area contributed by atoms with E-state index in [1.165, 1.54) is 5.56 Å². The standard InChI is InChI=1S/C23H26ClNO5S/c1-3-13-5-7-14(8-6-13)31-17-10-25(19-15(24)9-4-12(2)18(17)19)23-22(29)21(28)20(27)16(11-26)30-23/h4-10,16,20-23,26-29H,3,11H2,1-2H3/t16-,20-,21+,22-,23-/m1/s1. The number of benzene rings is 2. The molecule has 1 aromatic heterocycles. The van der Waals surface area contributed by atoms with Gasteiger partial charge in [0.1, 0.15) is 24.4 Å². The molecule has 1 saturated heterocycles. The molecule has 2 aromatic carbocycles. The van der Waals surface area contributed by atoms with Gasteiger partial charge >= 0.3 is 0 Å². The van der Waals surface area contributed by atoms with E-state index in [-0.39, 0.29) is 0 Å². The molecule has 0 aliphatic carbocycles. The highest BCUT2D eigenvalue weighted by Crippen LogP contribution is 2.42. The topological polar surface area (TPSA) is 95.1 Å². The van der Waals surface area contributed by atoms with Crippen molar-refractivity contribution in [1.29, 1.82) is 0 Å². The Balaban J connectivity index is 1.81. The first-order valence-corrected chi connectivity index (χ1v) is 11.4. The number of aryl methyl sites for hydroxylation is 2. The Hall–Kier alpha value is -1.58. The minimum atomic E-state index is -1.46. The zero-order chi connectivity index (χ0) is 22.3. The molecule has 3 aromatic rings. The third-order valence-electron chi connectivity index (χ3n) is 5.80. The summed E-state index contributed by atoms with van der Waals surface area (Å²) in [6.45, 7) is 3.61. The average molecular weight is 464 g/mol. The molecule has 31 heavy (non-hydrogen) atoms. The second kappa shape index (κ2) is 9.11. The molecule has 1 aliphatic rings. The predicted octanol–water partition coefficient (Wildman–Crippen LogP) is 3.29. The van der Waals surface area contributed by atoms with Gasteiger partial charge in [-0.05, 0) is 42.7 Å². The van der Waals surface area contributed by atoms with Gasteiger partial charge in [0.05, 0.1) is 17.1 Å². The van der Waals surface area contributed by atoms with E-state index in [0.29, 0.717) is 10.5 Å². The molecule has 0 bridgehead atoms. The molecule has 5 atom stereocenters. The van der Waals surface area contributed by atoms with E-state index in [1.807, 2.05) is 19.2 Å². The molecule has 1 aliphatic heterocycles. The summed E-state index contributed by atoms with van der Waals surface area (Å²) in [5, 5.41) is 42.1. The van der Waals surface area contributed by atoms with Gasteiger partial charge in [-0.2, -0.15) is 0 Å². The maximum atomic E-state index is 10.7. The van der Waals surface area contributed by atoms with Crippen molar-refractivity contribution < 1.29 is 25.2 Å². The zero-order valence-corrected chi connectivity index (χ0v) is 18.8. The minimum Gasteiger partial charge on any atom is -0.394 e. The van der Waals surface area contributed by atoms with E-state index in [0.717, 1.165) is 27.2 Å². The van der Waals surface area contributed by atoms with Crippen LogP contribution in [0.5, 0.6) is 0 Å². The number of aliphatic hydroxyl groups excluding tert-OH is 4. The van der Waals surface area contributed by atoms with Crippen molar-refractivity contribution in [3.63, 3.8) is 0 Å². The van der Waals surface area contributed by atoms with Crippen LogP contribution in [0.2, 0.25) is 5.02 Å². The Labute approximate surface area is 190 Å². The summed E-state index contributed by atoms with van der Waals surface area (Å²) in [5.41, 5.74) is 2.93. The van der Waals surface area contributed by atoms with Crippen LogP contribution in [0.3, 0.4) is 0 Å². The van der Waals surface area contributed by atoms with Gasteiger partial charge in [-0.3, -0.25) is 0 Å². The average Bonchev–Trinajstić information content (AvgIpc) is 3.15. The van der Waals surface area contributed by atoms with E-state index in [4.69, 9.17) is 16.3 Å². The fourth-order valence-electron chi connectivity index (χ4n) is 4.00. The first-order chi connectivity index (χ1) is 14.8. The molecule has 6 nitrogen and oxygen atoms in total. The number of fused-ring (bicyclic) bond motifs is 1. The van der Waals surface area contributed by atoms with Gasteiger partial charge in [-0.25, -0.2) is 0 Å². The van der Waals surface area contributed by atoms with E-state index < -0.39 is 37.3 Å². The molecule has 0 spiro atoms. The minimum absolute atomic E-state index is 0.478. The SMILES string of the molecule is CCc1ccc(Sc2cn([C@@H]3O[C@H](CO)[C@@H](O)[C@H](O)[C@H]3O)c3c(Cl)ccc(C)c23)cc1. The fourth-order valence-corrected chi connectivity index (χ4v) is 5.30. The number of hydrogen-bond donors (Lipinski definition) is 4. The zero-order valence-electron chi connectivity index (χ0n) is 17.3. The molecular formula is C23H26ClNO5S. The summed E-state index contributed by atoms with van der Waals surface area (Å²) >= 11 is 8.14. The first kappa shape index (κ1) is 22.6. The first-order valence-electron chi connectivity index (χ1n) is 10.2. The fraction of sp³-hybridized carbons (Fsp3) is 0.391. The van der Waals surface area contributed by atoms with Gasteiger partial charge in [0.2, 0.25) is 0 Å².